The Hall–Kier alpha value is -3.88. The van der Waals surface area contributed by atoms with Crippen LogP contribution in [0.2, 0.25) is 0 Å². The molecule has 0 spiro atoms. The Bertz CT molecular complexity index is 1180. The summed E-state index contributed by atoms with van der Waals surface area (Å²) in [5.41, 5.74) is 3.62. The van der Waals surface area contributed by atoms with Gasteiger partial charge in [0.05, 0.1) is 5.69 Å². The monoisotopic (exact) mass is 400 g/mol. The highest BCUT2D eigenvalue weighted by molar-refractivity contribution is 5.95. The van der Waals surface area contributed by atoms with Crippen molar-refractivity contribution >= 4 is 16.5 Å². The molecule has 2 heteroatoms. The van der Waals surface area contributed by atoms with Gasteiger partial charge in [-0.05, 0) is 28.1 Å². The minimum absolute atomic E-state index is 0.700. The molecule has 0 amide bonds. The van der Waals surface area contributed by atoms with Crippen LogP contribution in [0.3, 0.4) is 0 Å². The van der Waals surface area contributed by atoms with Gasteiger partial charge < -0.3 is 0 Å². The second-order valence-electron chi connectivity index (χ2n) is 7.68. The minimum Gasteiger partial charge on any atom is -0.291 e. The summed E-state index contributed by atoms with van der Waals surface area (Å²) in [6.45, 7) is 0. The second kappa shape index (κ2) is 8.10. The van der Waals surface area contributed by atoms with Crippen molar-refractivity contribution in [2.45, 2.75) is 5.54 Å². The van der Waals surface area contributed by atoms with E-state index in [-0.39, 0.29) is 0 Å². The molecule has 0 aliphatic rings. The van der Waals surface area contributed by atoms with E-state index in [0.29, 0.717) is 0 Å². The molecule has 0 radical (unpaired) electrons. The van der Waals surface area contributed by atoms with Crippen molar-refractivity contribution in [3.05, 3.63) is 150 Å². The van der Waals surface area contributed by atoms with Gasteiger partial charge in [-0.2, -0.15) is 0 Å². The highest BCUT2D eigenvalue weighted by Crippen LogP contribution is 2.44. The highest BCUT2D eigenvalue weighted by atomic mass is 15.4. The number of nitrogens with two attached hydrogens (primary N) is 1. The molecule has 2 nitrogen and oxygen atoms in total. The smallest absolute Gasteiger partial charge is 0.131 e. The summed E-state index contributed by atoms with van der Waals surface area (Å²) in [5, 5.41) is 4.23. The number of hydrogen-bond acceptors (Lipinski definition) is 2. The van der Waals surface area contributed by atoms with Gasteiger partial charge in [0.25, 0.3) is 0 Å². The third kappa shape index (κ3) is 3.18. The van der Waals surface area contributed by atoms with Gasteiger partial charge in [0.1, 0.15) is 5.54 Å². The van der Waals surface area contributed by atoms with E-state index in [2.05, 4.69) is 115 Å². The maximum atomic E-state index is 7.17. The second-order valence-corrected chi connectivity index (χ2v) is 7.68. The van der Waals surface area contributed by atoms with Crippen LogP contribution in [0.5, 0.6) is 0 Å². The zero-order valence-corrected chi connectivity index (χ0v) is 17.2. The summed E-state index contributed by atoms with van der Waals surface area (Å²) in [7, 11) is 0. The largest absolute Gasteiger partial charge is 0.291 e. The molecule has 0 saturated heterocycles. The first-order valence-electron chi connectivity index (χ1n) is 10.5. The molecular formula is C29H24N2. The lowest BCUT2D eigenvalue weighted by molar-refractivity contribution is 0.573. The maximum absolute atomic E-state index is 7.17. The van der Waals surface area contributed by atoms with Crippen molar-refractivity contribution < 1.29 is 0 Å². The van der Waals surface area contributed by atoms with Crippen molar-refractivity contribution in [2.75, 3.05) is 5.01 Å². The minimum atomic E-state index is -0.700. The Labute approximate surface area is 183 Å². The number of rotatable bonds is 5. The normalized spacial score (nSPS) is 11.4. The van der Waals surface area contributed by atoms with E-state index in [1.807, 2.05) is 23.2 Å². The molecule has 5 aromatic carbocycles. The molecule has 0 bridgehead atoms. The van der Waals surface area contributed by atoms with Crippen LogP contribution in [0.1, 0.15) is 16.7 Å². The van der Waals surface area contributed by atoms with E-state index in [0.717, 1.165) is 27.8 Å². The molecule has 0 atom stereocenters. The van der Waals surface area contributed by atoms with Crippen molar-refractivity contribution in [1.29, 1.82) is 0 Å². The van der Waals surface area contributed by atoms with Crippen LogP contribution in [-0.4, -0.2) is 0 Å². The third-order valence-electron chi connectivity index (χ3n) is 5.96. The summed E-state index contributed by atoms with van der Waals surface area (Å²) in [6.07, 6.45) is 0. The van der Waals surface area contributed by atoms with Crippen molar-refractivity contribution in [3.8, 4) is 0 Å². The van der Waals surface area contributed by atoms with E-state index < -0.39 is 5.54 Å². The predicted octanol–water partition coefficient (Wildman–Crippen LogP) is 6.51. The van der Waals surface area contributed by atoms with Gasteiger partial charge in [0.2, 0.25) is 0 Å². The summed E-state index contributed by atoms with van der Waals surface area (Å²) >= 11 is 0. The number of anilines is 1. The summed E-state index contributed by atoms with van der Waals surface area (Å²) in [4.78, 5) is 0. The van der Waals surface area contributed by atoms with Gasteiger partial charge in [-0.3, -0.25) is 5.01 Å². The fourth-order valence-corrected chi connectivity index (χ4v) is 4.55. The molecule has 5 rings (SSSR count). The maximum Gasteiger partial charge on any atom is 0.131 e. The van der Waals surface area contributed by atoms with Gasteiger partial charge >= 0.3 is 0 Å². The van der Waals surface area contributed by atoms with Crippen LogP contribution < -0.4 is 10.9 Å². The lowest BCUT2D eigenvalue weighted by atomic mass is 9.76. The van der Waals surface area contributed by atoms with E-state index in [4.69, 9.17) is 5.84 Å². The Morgan fingerprint density at radius 1 is 0.452 bits per heavy atom. The molecule has 5 aromatic rings. The number of benzene rings is 5. The predicted molar refractivity (Wildman–Crippen MR) is 130 cm³/mol. The number of fused-ring (bicyclic) bond motifs is 1. The van der Waals surface area contributed by atoms with Gasteiger partial charge in [0, 0.05) is 5.39 Å². The first-order valence-corrected chi connectivity index (χ1v) is 10.5. The SMILES string of the molecule is NN(c1cccc2ccccc12)C(c1ccccc1)(c1ccccc1)c1ccccc1. The van der Waals surface area contributed by atoms with Crippen LogP contribution >= 0.6 is 0 Å². The van der Waals surface area contributed by atoms with E-state index >= 15 is 0 Å². The van der Waals surface area contributed by atoms with Crippen LogP contribution in [0.4, 0.5) is 5.69 Å². The first-order chi connectivity index (χ1) is 15.3. The van der Waals surface area contributed by atoms with Crippen LogP contribution in [0, 0.1) is 0 Å². The molecule has 0 heterocycles. The molecule has 0 aromatic heterocycles. The fraction of sp³-hybridized carbons (Fsp3) is 0.0345. The first kappa shape index (κ1) is 19.1. The highest BCUT2D eigenvalue weighted by Gasteiger charge is 2.41. The van der Waals surface area contributed by atoms with E-state index in [1.165, 1.54) is 5.39 Å². The number of nitrogens with zero attached hydrogens (tertiary/aromatic N) is 1. The van der Waals surface area contributed by atoms with Gasteiger partial charge in [-0.1, -0.05) is 127 Å². The standard InChI is InChI=1S/C29H24N2/c30-31(28-22-12-14-23-13-10-11-21-27(23)28)29(24-15-4-1-5-16-24,25-17-6-2-7-18-25)26-19-8-3-9-20-26/h1-22H,30H2. The Morgan fingerprint density at radius 2 is 0.871 bits per heavy atom. The van der Waals surface area contributed by atoms with Crippen LogP contribution in [0.15, 0.2) is 133 Å². The molecule has 31 heavy (non-hydrogen) atoms. The molecule has 2 N–H and O–H groups in total. The molecule has 0 aliphatic carbocycles. The molecular weight excluding hydrogens is 376 g/mol. The Kier molecular flexibility index (Phi) is 4.99. The van der Waals surface area contributed by atoms with E-state index in [9.17, 15) is 0 Å². The van der Waals surface area contributed by atoms with Crippen molar-refractivity contribution in [1.82, 2.24) is 0 Å². The zero-order chi connectivity index (χ0) is 21.1. The lowest BCUT2D eigenvalue weighted by Crippen LogP contribution is -2.52. The lowest BCUT2D eigenvalue weighted by Gasteiger charge is -2.44. The van der Waals surface area contributed by atoms with Crippen LogP contribution in [-0.2, 0) is 5.54 Å². The number of hydrogen-bond donors (Lipinski definition) is 1. The molecule has 0 fully saturated rings. The van der Waals surface area contributed by atoms with Crippen molar-refractivity contribution in [2.24, 2.45) is 5.84 Å². The Morgan fingerprint density at radius 3 is 1.39 bits per heavy atom. The van der Waals surface area contributed by atoms with E-state index in [1.54, 1.807) is 0 Å². The van der Waals surface area contributed by atoms with Gasteiger partial charge in [-0.15, -0.1) is 0 Å². The Balaban J connectivity index is 1.88. The molecule has 0 aliphatic heterocycles. The average Bonchev–Trinajstić information content (AvgIpc) is 2.86. The van der Waals surface area contributed by atoms with Crippen molar-refractivity contribution in [3.63, 3.8) is 0 Å². The van der Waals surface area contributed by atoms with Gasteiger partial charge in [0.15, 0.2) is 0 Å². The van der Waals surface area contributed by atoms with Gasteiger partial charge in [-0.25, -0.2) is 5.84 Å². The third-order valence-corrected chi connectivity index (χ3v) is 5.96. The average molecular weight is 401 g/mol. The van der Waals surface area contributed by atoms with Crippen LogP contribution in [0.25, 0.3) is 10.8 Å². The fourth-order valence-electron chi connectivity index (χ4n) is 4.55. The molecule has 150 valence electrons. The topological polar surface area (TPSA) is 29.3 Å². The summed E-state index contributed by atoms with van der Waals surface area (Å²) < 4.78 is 0. The molecule has 0 unspecified atom stereocenters. The number of hydrazine groups is 1. The summed E-state index contributed by atoms with van der Waals surface area (Å²) in [5.74, 6) is 7.17. The summed E-state index contributed by atoms with van der Waals surface area (Å²) in [6, 6.07) is 46.2. The molecule has 0 saturated carbocycles. The quantitative estimate of drug-likeness (QED) is 0.207. The zero-order valence-electron chi connectivity index (χ0n) is 17.2.